The summed E-state index contributed by atoms with van der Waals surface area (Å²) in [5.41, 5.74) is 0.943. The Morgan fingerprint density at radius 2 is 2.04 bits per heavy atom. The third-order valence-corrected chi connectivity index (χ3v) is 5.55. The van der Waals surface area contributed by atoms with Gasteiger partial charge < -0.3 is 9.80 Å². The average molecular weight is 350 g/mol. The number of amides is 2. The Kier molecular flexibility index (Phi) is 4.36. The number of likely N-dealkylation sites (N-methyl/N-ethyl adjacent to an activating group) is 2. The van der Waals surface area contributed by atoms with Crippen LogP contribution in [0.4, 0.5) is 0 Å². The normalized spacial score (nSPS) is 11.3. The highest BCUT2D eigenvalue weighted by Gasteiger charge is 2.21. The Hall–Kier alpha value is -1.93. The molecule has 0 fully saturated rings. The number of fused-ring (bicyclic) bond motifs is 3. The van der Waals surface area contributed by atoms with E-state index in [1.165, 1.54) is 16.2 Å². The number of rotatable bonds is 5. The molecule has 3 heterocycles. The van der Waals surface area contributed by atoms with Crippen LogP contribution in [0, 0.1) is 0 Å². The zero-order chi connectivity index (χ0) is 16.6. The fourth-order valence-electron chi connectivity index (χ4n) is 2.49. The summed E-state index contributed by atoms with van der Waals surface area (Å²) in [5, 5.41) is 1.97. The van der Waals surface area contributed by atoms with E-state index in [2.05, 4.69) is 4.98 Å². The van der Waals surface area contributed by atoms with Crippen molar-refractivity contribution >= 4 is 49.8 Å². The lowest BCUT2D eigenvalue weighted by molar-refractivity contribution is -0.131. The van der Waals surface area contributed by atoms with Crippen molar-refractivity contribution in [3.8, 4) is 0 Å². The molecule has 0 N–H and O–H groups in total. The van der Waals surface area contributed by atoms with Gasteiger partial charge in [0.05, 0.1) is 16.9 Å². The first-order chi connectivity index (χ1) is 11.0. The third kappa shape index (κ3) is 2.84. The number of hydrogen-bond acceptors (Lipinski definition) is 5. The number of carbonyl (C=O) groups excluding carboxylic acids is 2. The summed E-state index contributed by atoms with van der Waals surface area (Å²) in [7, 11) is 1.66. The van der Waals surface area contributed by atoms with Crippen molar-refractivity contribution in [3.63, 3.8) is 0 Å². The minimum Gasteiger partial charge on any atom is -0.342 e. The van der Waals surface area contributed by atoms with E-state index in [1.54, 1.807) is 23.3 Å². The highest BCUT2D eigenvalue weighted by Crippen LogP contribution is 2.28. The zero-order valence-corrected chi connectivity index (χ0v) is 14.9. The van der Waals surface area contributed by atoms with Gasteiger partial charge in [0.25, 0.3) is 5.91 Å². The maximum Gasteiger partial charge on any atom is 0.264 e. The Morgan fingerprint density at radius 3 is 2.74 bits per heavy atom. The number of imidazole rings is 1. The monoisotopic (exact) mass is 350 g/mol. The first-order valence-electron chi connectivity index (χ1n) is 7.43. The number of aromatic nitrogens is 2. The molecule has 3 aromatic rings. The fraction of sp³-hybridized carbons (Fsp3) is 0.400. The highest BCUT2D eigenvalue weighted by atomic mass is 32.1. The van der Waals surface area contributed by atoms with Crippen molar-refractivity contribution in [2.24, 2.45) is 0 Å². The van der Waals surface area contributed by atoms with E-state index in [1.807, 2.05) is 35.9 Å². The van der Waals surface area contributed by atoms with Gasteiger partial charge in [-0.15, -0.1) is 22.7 Å². The standard InChI is InChI=1S/C15H18N4O2S2/c1-4-18(5-2)12(20)9-17(3)14(21)11-8-10-13(23-11)16-15-19(10)6-7-22-15/h6-8H,4-5,9H2,1-3H3. The topological polar surface area (TPSA) is 57.9 Å². The molecular weight excluding hydrogens is 332 g/mol. The zero-order valence-electron chi connectivity index (χ0n) is 13.3. The van der Waals surface area contributed by atoms with E-state index >= 15 is 0 Å². The van der Waals surface area contributed by atoms with Gasteiger partial charge in [0.2, 0.25) is 5.91 Å². The van der Waals surface area contributed by atoms with Crippen LogP contribution in [0.15, 0.2) is 17.6 Å². The molecule has 0 aliphatic carbocycles. The number of hydrogen-bond donors (Lipinski definition) is 0. The second-order valence-corrected chi connectivity index (χ2v) is 7.10. The summed E-state index contributed by atoms with van der Waals surface area (Å²) in [6.07, 6.45) is 1.95. The summed E-state index contributed by atoms with van der Waals surface area (Å²) in [6, 6.07) is 1.85. The van der Waals surface area contributed by atoms with Crippen molar-refractivity contribution in [1.29, 1.82) is 0 Å². The van der Waals surface area contributed by atoms with E-state index < -0.39 is 0 Å². The molecule has 3 aromatic heterocycles. The molecule has 122 valence electrons. The van der Waals surface area contributed by atoms with Gasteiger partial charge in [-0.2, -0.15) is 0 Å². The van der Waals surface area contributed by atoms with E-state index in [0.29, 0.717) is 18.0 Å². The SMILES string of the molecule is CCN(CC)C(=O)CN(C)C(=O)c1cc2c(nc3sccn32)s1. The van der Waals surface area contributed by atoms with Crippen LogP contribution >= 0.6 is 22.7 Å². The van der Waals surface area contributed by atoms with Gasteiger partial charge in [0, 0.05) is 31.7 Å². The molecule has 0 unspecified atom stereocenters. The first-order valence-corrected chi connectivity index (χ1v) is 9.13. The molecule has 0 aliphatic heterocycles. The molecule has 0 bridgehead atoms. The number of carbonyl (C=O) groups is 2. The number of nitrogens with zero attached hydrogens (tertiary/aromatic N) is 4. The Balaban J connectivity index is 1.79. The molecule has 0 aliphatic rings. The van der Waals surface area contributed by atoms with Crippen LogP contribution in [-0.2, 0) is 4.79 Å². The Bertz CT molecular complexity index is 859. The van der Waals surface area contributed by atoms with E-state index in [-0.39, 0.29) is 18.4 Å². The quantitative estimate of drug-likeness (QED) is 0.710. The average Bonchev–Trinajstić information content (AvgIpc) is 3.19. The van der Waals surface area contributed by atoms with E-state index in [4.69, 9.17) is 0 Å². The molecule has 0 spiro atoms. The van der Waals surface area contributed by atoms with Crippen LogP contribution in [0.3, 0.4) is 0 Å². The molecule has 0 radical (unpaired) electrons. The summed E-state index contributed by atoms with van der Waals surface area (Å²) >= 11 is 2.94. The molecule has 8 heteroatoms. The van der Waals surface area contributed by atoms with Gasteiger partial charge in [-0.3, -0.25) is 14.0 Å². The van der Waals surface area contributed by atoms with Crippen LogP contribution < -0.4 is 0 Å². The van der Waals surface area contributed by atoms with Crippen molar-refractivity contribution in [1.82, 2.24) is 19.2 Å². The molecular formula is C15H18N4O2S2. The van der Waals surface area contributed by atoms with Gasteiger partial charge >= 0.3 is 0 Å². The summed E-state index contributed by atoms with van der Waals surface area (Å²) < 4.78 is 1.98. The molecule has 23 heavy (non-hydrogen) atoms. The molecule has 6 nitrogen and oxygen atoms in total. The second-order valence-electron chi connectivity index (χ2n) is 5.20. The minimum atomic E-state index is -0.141. The largest absolute Gasteiger partial charge is 0.342 e. The Labute approximate surface area is 141 Å². The Morgan fingerprint density at radius 1 is 1.30 bits per heavy atom. The summed E-state index contributed by atoms with van der Waals surface area (Å²) in [4.78, 5) is 34.8. The van der Waals surface area contributed by atoms with Crippen LogP contribution in [-0.4, -0.2) is 57.7 Å². The van der Waals surface area contributed by atoms with Crippen molar-refractivity contribution in [2.45, 2.75) is 13.8 Å². The molecule has 0 atom stereocenters. The van der Waals surface area contributed by atoms with E-state index in [9.17, 15) is 9.59 Å². The summed E-state index contributed by atoms with van der Waals surface area (Å²) in [6.45, 7) is 5.27. The second kappa shape index (κ2) is 6.29. The van der Waals surface area contributed by atoms with Crippen LogP contribution in [0.2, 0.25) is 0 Å². The van der Waals surface area contributed by atoms with Gasteiger partial charge in [0.15, 0.2) is 4.96 Å². The van der Waals surface area contributed by atoms with Crippen LogP contribution in [0.1, 0.15) is 23.5 Å². The van der Waals surface area contributed by atoms with Gasteiger partial charge in [0.1, 0.15) is 4.83 Å². The van der Waals surface area contributed by atoms with Crippen LogP contribution in [0.25, 0.3) is 15.3 Å². The third-order valence-electron chi connectivity index (χ3n) is 3.79. The lowest BCUT2D eigenvalue weighted by Crippen LogP contribution is -2.40. The van der Waals surface area contributed by atoms with E-state index in [0.717, 1.165) is 15.3 Å². The lowest BCUT2D eigenvalue weighted by atomic mass is 10.3. The lowest BCUT2D eigenvalue weighted by Gasteiger charge is -2.22. The maximum atomic E-state index is 12.6. The van der Waals surface area contributed by atoms with Gasteiger partial charge in [-0.1, -0.05) is 0 Å². The molecule has 0 aromatic carbocycles. The first kappa shape index (κ1) is 15.9. The molecule has 3 rings (SSSR count). The van der Waals surface area contributed by atoms with Crippen molar-refractivity contribution in [3.05, 3.63) is 22.5 Å². The number of thiophene rings is 1. The van der Waals surface area contributed by atoms with Gasteiger partial charge in [-0.05, 0) is 19.9 Å². The molecule has 0 saturated heterocycles. The van der Waals surface area contributed by atoms with Gasteiger partial charge in [-0.25, -0.2) is 4.98 Å². The summed E-state index contributed by atoms with van der Waals surface area (Å²) in [5.74, 6) is -0.174. The smallest absolute Gasteiger partial charge is 0.264 e. The van der Waals surface area contributed by atoms with Crippen molar-refractivity contribution in [2.75, 3.05) is 26.7 Å². The number of thiazole rings is 1. The van der Waals surface area contributed by atoms with Crippen LogP contribution in [0.5, 0.6) is 0 Å². The van der Waals surface area contributed by atoms with Crippen molar-refractivity contribution < 1.29 is 9.59 Å². The highest BCUT2D eigenvalue weighted by molar-refractivity contribution is 7.21. The predicted octanol–water partition coefficient (Wildman–Crippen LogP) is 2.55. The predicted molar refractivity (Wildman–Crippen MR) is 93.3 cm³/mol. The molecule has 0 saturated carbocycles. The molecule has 2 amide bonds. The maximum absolute atomic E-state index is 12.6. The minimum absolute atomic E-state index is 0.0332. The fourth-order valence-corrected chi connectivity index (χ4v) is 4.29.